The molecule has 5 heteroatoms. The fraction of sp³-hybridized carbons (Fsp3) is 0.333. The van der Waals surface area contributed by atoms with Crippen LogP contribution in [0.15, 0.2) is 66.7 Å². The van der Waals surface area contributed by atoms with Crippen LogP contribution in [-0.2, 0) is 0 Å². The molecule has 0 fully saturated rings. The summed E-state index contributed by atoms with van der Waals surface area (Å²) in [7, 11) is 0. The maximum absolute atomic E-state index is 11.3. The number of hydrogen-bond acceptors (Lipinski definition) is 3. The van der Waals surface area contributed by atoms with Crippen LogP contribution in [0.5, 0.6) is 5.75 Å². The van der Waals surface area contributed by atoms with Crippen LogP contribution in [0.1, 0.15) is 114 Å². The minimum atomic E-state index is -1.20. The second-order valence-electron chi connectivity index (χ2n) is 10.0. The Balaban J connectivity index is 1.44. The number of rotatable bonds is 14. The van der Waals surface area contributed by atoms with E-state index in [0.717, 1.165) is 36.0 Å². The molecule has 0 aliphatic heterocycles. The van der Waals surface area contributed by atoms with Gasteiger partial charge in [0, 0.05) is 22.3 Å². The Bertz CT molecular complexity index is 1360. The summed E-state index contributed by atoms with van der Waals surface area (Å²) in [6.45, 7) is 2.99. The van der Waals surface area contributed by atoms with Crippen LogP contribution >= 0.6 is 0 Å². The van der Waals surface area contributed by atoms with Gasteiger partial charge in [0.05, 0.1) is 17.7 Å². The van der Waals surface area contributed by atoms with Gasteiger partial charge in [0.25, 0.3) is 0 Å². The standard InChI is InChI=1S/C36H38O5/c1-2-3-4-5-6-7-8-9-10-11-24-41-34-22-20-30(21-23-34)17-16-28-12-14-29(15-13-28)18-19-31-25-32(35(37)38)27-33(26-31)36(39)40/h12-15,20-23,25-27H,2-11,24H2,1H3,(H,37,38)(H,39,40). The molecular weight excluding hydrogens is 512 g/mol. The van der Waals surface area contributed by atoms with Gasteiger partial charge in [0.1, 0.15) is 5.75 Å². The number of carboxylic acid groups (broad SMARTS) is 2. The predicted octanol–water partition coefficient (Wildman–Crippen LogP) is 8.18. The van der Waals surface area contributed by atoms with Crippen LogP contribution in [0, 0.1) is 23.7 Å². The van der Waals surface area contributed by atoms with Crippen LogP contribution in [0.2, 0.25) is 0 Å². The maximum atomic E-state index is 11.3. The Hall–Kier alpha value is -4.48. The molecule has 3 rings (SSSR count). The average Bonchev–Trinajstić information content (AvgIpc) is 2.98. The number of aromatic carboxylic acids is 2. The van der Waals surface area contributed by atoms with Crippen molar-refractivity contribution in [3.8, 4) is 29.4 Å². The molecule has 5 nitrogen and oxygen atoms in total. The first-order valence-corrected chi connectivity index (χ1v) is 14.4. The highest BCUT2D eigenvalue weighted by atomic mass is 16.5. The predicted molar refractivity (Wildman–Crippen MR) is 163 cm³/mol. The van der Waals surface area contributed by atoms with Crippen molar-refractivity contribution in [1.29, 1.82) is 0 Å². The number of hydrogen-bond donors (Lipinski definition) is 2. The van der Waals surface area contributed by atoms with Crippen LogP contribution < -0.4 is 4.74 Å². The zero-order valence-electron chi connectivity index (χ0n) is 23.7. The highest BCUT2D eigenvalue weighted by Gasteiger charge is 2.10. The zero-order chi connectivity index (χ0) is 29.3. The molecule has 3 aromatic rings. The van der Waals surface area contributed by atoms with E-state index in [0.29, 0.717) is 11.1 Å². The first-order valence-electron chi connectivity index (χ1n) is 14.4. The van der Waals surface area contributed by atoms with Crippen molar-refractivity contribution in [2.45, 2.75) is 71.1 Å². The van der Waals surface area contributed by atoms with E-state index in [1.54, 1.807) is 0 Å². The summed E-state index contributed by atoms with van der Waals surface area (Å²) < 4.78 is 5.88. The van der Waals surface area contributed by atoms with E-state index in [1.807, 2.05) is 48.5 Å². The van der Waals surface area contributed by atoms with E-state index in [-0.39, 0.29) is 11.1 Å². The van der Waals surface area contributed by atoms with E-state index in [9.17, 15) is 19.8 Å². The highest BCUT2D eigenvalue weighted by molar-refractivity contribution is 5.94. The lowest BCUT2D eigenvalue weighted by molar-refractivity contribution is 0.0696. The molecule has 0 aliphatic carbocycles. The van der Waals surface area contributed by atoms with Crippen molar-refractivity contribution in [2.75, 3.05) is 6.61 Å². The van der Waals surface area contributed by atoms with Gasteiger partial charge in [-0.25, -0.2) is 9.59 Å². The van der Waals surface area contributed by atoms with Gasteiger partial charge in [-0.2, -0.15) is 0 Å². The third kappa shape index (κ3) is 11.7. The SMILES string of the molecule is CCCCCCCCCCCCOc1ccc(C#Cc2ccc(C#Cc3cc(C(=O)O)cc(C(=O)O)c3)cc2)cc1. The monoisotopic (exact) mass is 550 g/mol. The van der Waals surface area contributed by atoms with Gasteiger partial charge in [-0.3, -0.25) is 0 Å². The third-order valence-electron chi connectivity index (χ3n) is 6.64. The van der Waals surface area contributed by atoms with Crippen molar-refractivity contribution in [2.24, 2.45) is 0 Å². The minimum absolute atomic E-state index is 0.117. The van der Waals surface area contributed by atoms with Gasteiger partial charge >= 0.3 is 11.9 Å². The summed E-state index contributed by atoms with van der Waals surface area (Å²) >= 11 is 0. The molecule has 0 atom stereocenters. The van der Waals surface area contributed by atoms with Gasteiger partial charge in [-0.05, 0) is 73.2 Å². The Kier molecular flexibility index (Phi) is 13.1. The minimum Gasteiger partial charge on any atom is -0.494 e. The Morgan fingerprint density at radius 2 is 0.951 bits per heavy atom. The Morgan fingerprint density at radius 1 is 0.561 bits per heavy atom. The topological polar surface area (TPSA) is 83.8 Å². The van der Waals surface area contributed by atoms with E-state index in [4.69, 9.17) is 4.74 Å². The quantitative estimate of drug-likeness (QED) is 0.156. The molecule has 0 amide bonds. The molecule has 212 valence electrons. The van der Waals surface area contributed by atoms with Crippen molar-refractivity contribution < 1.29 is 24.5 Å². The van der Waals surface area contributed by atoms with Gasteiger partial charge in [-0.1, -0.05) is 88.4 Å². The number of benzene rings is 3. The molecular formula is C36H38O5. The number of unbranched alkanes of at least 4 members (excludes halogenated alkanes) is 9. The second-order valence-corrected chi connectivity index (χ2v) is 10.0. The summed E-state index contributed by atoms with van der Waals surface area (Å²) in [4.78, 5) is 22.6. The molecule has 0 spiro atoms. The van der Waals surface area contributed by atoms with Gasteiger partial charge in [-0.15, -0.1) is 0 Å². The van der Waals surface area contributed by atoms with Gasteiger partial charge in [0.15, 0.2) is 0 Å². The number of ether oxygens (including phenoxy) is 1. The van der Waals surface area contributed by atoms with Crippen molar-refractivity contribution >= 4 is 11.9 Å². The van der Waals surface area contributed by atoms with Crippen LogP contribution in [-0.4, -0.2) is 28.8 Å². The average molecular weight is 551 g/mol. The Labute approximate surface area is 243 Å². The molecule has 0 saturated heterocycles. The molecule has 2 N–H and O–H groups in total. The van der Waals surface area contributed by atoms with Crippen LogP contribution in [0.4, 0.5) is 0 Å². The molecule has 0 bridgehead atoms. The normalized spacial score (nSPS) is 10.2. The Morgan fingerprint density at radius 3 is 1.39 bits per heavy atom. The molecule has 0 radical (unpaired) electrons. The molecule has 0 unspecified atom stereocenters. The lowest BCUT2D eigenvalue weighted by Crippen LogP contribution is -2.03. The molecule has 0 aromatic heterocycles. The maximum Gasteiger partial charge on any atom is 0.335 e. The highest BCUT2D eigenvalue weighted by Crippen LogP contribution is 2.15. The second kappa shape index (κ2) is 17.3. The van der Waals surface area contributed by atoms with Crippen molar-refractivity contribution in [3.63, 3.8) is 0 Å². The number of carbonyl (C=O) groups is 2. The fourth-order valence-corrected chi connectivity index (χ4v) is 4.29. The van der Waals surface area contributed by atoms with E-state index in [2.05, 4.69) is 30.6 Å². The molecule has 0 heterocycles. The summed E-state index contributed by atoms with van der Waals surface area (Å²) in [5.74, 6) is 10.5. The summed E-state index contributed by atoms with van der Waals surface area (Å²) in [6, 6.07) is 19.0. The largest absolute Gasteiger partial charge is 0.494 e. The molecule has 0 aliphatic rings. The smallest absolute Gasteiger partial charge is 0.335 e. The zero-order valence-corrected chi connectivity index (χ0v) is 23.7. The fourth-order valence-electron chi connectivity index (χ4n) is 4.29. The van der Waals surface area contributed by atoms with Gasteiger partial charge < -0.3 is 14.9 Å². The molecule has 0 saturated carbocycles. The molecule has 41 heavy (non-hydrogen) atoms. The first kappa shape index (κ1) is 31.1. The van der Waals surface area contributed by atoms with Crippen molar-refractivity contribution in [3.05, 3.63) is 100 Å². The van der Waals surface area contributed by atoms with Crippen molar-refractivity contribution in [1.82, 2.24) is 0 Å². The first-order chi connectivity index (χ1) is 19.9. The van der Waals surface area contributed by atoms with Crippen LogP contribution in [0.3, 0.4) is 0 Å². The van der Waals surface area contributed by atoms with E-state index in [1.165, 1.54) is 69.9 Å². The van der Waals surface area contributed by atoms with Gasteiger partial charge in [0.2, 0.25) is 0 Å². The number of carboxylic acids is 2. The van der Waals surface area contributed by atoms with E-state index >= 15 is 0 Å². The van der Waals surface area contributed by atoms with Crippen LogP contribution in [0.25, 0.3) is 0 Å². The lowest BCUT2D eigenvalue weighted by atomic mass is 10.1. The summed E-state index contributed by atoms with van der Waals surface area (Å²) in [5.41, 5.74) is 2.52. The molecule has 3 aromatic carbocycles. The van der Waals surface area contributed by atoms with E-state index < -0.39 is 11.9 Å². The summed E-state index contributed by atoms with van der Waals surface area (Å²) in [5, 5.41) is 18.4. The lowest BCUT2D eigenvalue weighted by Gasteiger charge is -2.06. The summed E-state index contributed by atoms with van der Waals surface area (Å²) in [6.07, 6.45) is 13.1. The third-order valence-corrected chi connectivity index (χ3v) is 6.64.